The minimum Gasteiger partial charge on any atom is -0.478 e. The minimum absolute atomic E-state index is 0.369. The normalized spacial score (nSPS) is 10.9. The Kier molecular flexibility index (Phi) is 7.13. The van der Waals surface area contributed by atoms with Crippen molar-refractivity contribution < 1.29 is 19.4 Å². The molecule has 0 aliphatic rings. The molecule has 0 unspecified atom stereocenters. The summed E-state index contributed by atoms with van der Waals surface area (Å²) in [6, 6.07) is 0. The lowest BCUT2D eigenvalue weighted by molar-refractivity contribution is -0.135. The highest BCUT2D eigenvalue weighted by Crippen LogP contribution is 1.98. The fraction of sp³-hybridized carbons (Fsp3) is 0.400. The van der Waals surface area contributed by atoms with Crippen LogP contribution in [-0.4, -0.2) is 24.2 Å². The van der Waals surface area contributed by atoms with Crippen LogP contribution in [0.5, 0.6) is 0 Å². The molecule has 0 aliphatic carbocycles. The number of ether oxygens (including phenoxy) is 1. The Balaban J connectivity index is 3.42. The molecule has 0 radical (unpaired) electrons. The highest BCUT2D eigenvalue weighted by molar-refractivity contribution is 5.81. The maximum atomic E-state index is 10.6. The summed E-state index contributed by atoms with van der Waals surface area (Å²) in [7, 11) is 1.32. The molecule has 0 aromatic heterocycles. The van der Waals surface area contributed by atoms with Gasteiger partial charge in [-0.3, -0.25) is 0 Å². The lowest BCUT2D eigenvalue weighted by Crippen LogP contribution is -1.93. The summed E-state index contributed by atoms with van der Waals surface area (Å²) in [6.45, 7) is 0. The molecule has 0 aromatic carbocycles. The van der Waals surface area contributed by atoms with Crippen molar-refractivity contribution in [3.63, 3.8) is 0 Å². The second kappa shape index (κ2) is 8.04. The van der Waals surface area contributed by atoms with Crippen LogP contribution in [0, 0.1) is 0 Å². The smallest absolute Gasteiger partial charge is 0.330 e. The highest BCUT2D eigenvalue weighted by Gasteiger charge is 1.89. The number of carbonyl (C=O) groups is 2. The van der Waals surface area contributed by atoms with Crippen molar-refractivity contribution in [2.24, 2.45) is 0 Å². The Hall–Kier alpha value is -1.58. The van der Waals surface area contributed by atoms with Gasteiger partial charge in [0.1, 0.15) is 0 Å². The first-order valence-electron chi connectivity index (χ1n) is 4.30. The Morgan fingerprint density at radius 1 is 1.21 bits per heavy atom. The monoisotopic (exact) mass is 198 g/mol. The number of hydrogen-bond acceptors (Lipinski definition) is 3. The molecule has 78 valence electrons. The summed E-state index contributed by atoms with van der Waals surface area (Å²) in [5.41, 5.74) is 0. The van der Waals surface area contributed by atoms with E-state index < -0.39 is 5.97 Å². The molecule has 1 N–H and O–H groups in total. The second-order valence-electron chi connectivity index (χ2n) is 2.60. The summed E-state index contributed by atoms with van der Waals surface area (Å²) in [5.74, 6) is -1.30. The molecule has 0 saturated carbocycles. The van der Waals surface area contributed by atoms with Gasteiger partial charge in [0, 0.05) is 12.2 Å². The Labute approximate surface area is 82.9 Å². The van der Waals surface area contributed by atoms with Crippen LogP contribution in [0.3, 0.4) is 0 Å². The van der Waals surface area contributed by atoms with E-state index >= 15 is 0 Å². The molecule has 0 rings (SSSR count). The molecular formula is C10H14O4. The van der Waals surface area contributed by atoms with Gasteiger partial charge in [-0.1, -0.05) is 12.2 Å². The largest absolute Gasteiger partial charge is 0.478 e. The molecular weight excluding hydrogens is 184 g/mol. The maximum Gasteiger partial charge on any atom is 0.330 e. The standard InChI is InChI=1S/C10H14O4/c1-14-10(13)8-6-4-2-3-5-7-9(11)12/h5-8H,2-4H2,1H3,(H,11,12)/b7-5+,8-6+. The van der Waals surface area contributed by atoms with E-state index in [1.165, 1.54) is 13.2 Å². The van der Waals surface area contributed by atoms with E-state index in [2.05, 4.69) is 4.74 Å². The molecule has 0 aliphatic heterocycles. The number of allylic oxidation sites excluding steroid dienone is 2. The van der Waals surface area contributed by atoms with E-state index in [1.807, 2.05) is 0 Å². The molecule has 4 heteroatoms. The number of hydrogen-bond donors (Lipinski definition) is 1. The molecule has 4 nitrogen and oxygen atoms in total. The predicted octanol–water partition coefficient (Wildman–Crippen LogP) is 1.53. The number of esters is 1. The molecule has 0 heterocycles. The van der Waals surface area contributed by atoms with Gasteiger partial charge in [-0.15, -0.1) is 0 Å². The van der Waals surface area contributed by atoms with Gasteiger partial charge in [0.15, 0.2) is 0 Å². The van der Waals surface area contributed by atoms with Crippen LogP contribution in [0.4, 0.5) is 0 Å². The van der Waals surface area contributed by atoms with Crippen LogP contribution < -0.4 is 0 Å². The molecule has 0 atom stereocenters. The first-order chi connectivity index (χ1) is 6.66. The Morgan fingerprint density at radius 3 is 2.29 bits per heavy atom. The van der Waals surface area contributed by atoms with Crippen LogP contribution in [0.25, 0.3) is 0 Å². The zero-order valence-corrected chi connectivity index (χ0v) is 8.10. The number of aliphatic carboxylic acids is 1. The average molecular weight is 198 g/mol. The van der Waals surface area contributed by atoms with Crippen molar-refractivity contribution in [1.29, 1.82) is 0 Å². The molecule has 0 aromatic rings. The first-order valence-corrected chi connectivity index (χ1v) is 4.30. The van der Waals surface area contributed by atoms with Gasteiger partial charge < -0.3 is 9.84 Å². The predicted molar refractivity (Wildman–Crippen MR) is 51.8 cm³/mol. The van der Waals surface area contributed by atoms with Crippen molar-refractivity contribution in [3.8, 4) is 0 Å². The van der Waals surface area contributed by atoms with Crippen molar-refractivity contribution in [2.75, 3.05) is 7.11 Å². The fourth-order valence-corrected chi connectivity index (χ4v) is 0.785. The number of rotatable bonds is 6. The Morgan fingerprint density at radius 2 is 1.79 bits per heavy atom. The minimum atomic E-state index is -0.935. The van der Waals surface area contributed by atoms with E-state index in [0.717, 1.165) is 18.9 Å². The van der Waals surface area contributed by atoms with E-state index in [9.17, 15) is 9.59 Å². The molecule has 0 fully saturated rings. The second-order valence-corrected chi connectivity index (χ2v) is 2.60. The van der Waals surface area contributed by atoms with Crippen molar-refractivity contribution in [3.05, 3.63) is 24.3 Å². The first kappa shape index (κ1) is 12.4. The molecule has 0 bridgehead atoms. The Bertz CT molecular complexity index is 241. The third-order valence-electron chi connectivity index (χ3n) is 1.46. The third kappa shape index (κ3) is 8.52. The van der Waals surface area contributed by atoms with E-state index in [-0.39, 0.29) is 5.97 Å². The van der Waals surface area contributed by atoms with Crippen LogP contribution in [0.1, 0.15) is 19.3 Å². The maximum absolute atomic E-state index is 10.6. The molecule has 0 amide bonds. The zero-order valence-electron chi connectivity index (χ0n) is 8.10. The number of carbonyl (C=O) groups excluding carboxylic acids is 1. The van der Waals surface area contributed by atoms with Gasteiger partial charge in [-0.25, -0.2) is 9.59 Å². The molecule has 14 heavy (non-hydrogen) atoms. The van der Waals surface area contributed by atoms with Gasteiger partial charge in [-0.2, -0.15) is 0 Å². The quantitative estimate of drug-likeness (QED) is 0.399. The van der Waals surface area contributed by atoms with Gasteiger partial charge >= 0.3 is 11.9 Å². The fourth-order valence-electron chi connectivity index (χ4n) is 0.785. The van der Waals surface area contributed by atoms with E-state index in [4.69, 9.17) is 5.11 Å². The van der Waals surface area contributed by atoms with E-state index in [1.54, 1.807) is 12.2 Å². The zero-order chi connectivity index (χ0) is 10.8. The number of carboxylic acid groups (broad SMARTS) is 1. The summed E-state index contributed by atoms with van der Waals surface area (Å²) in [4.78, 5) is 20.6. The lowest BCUT2D eigenvalue weighted by atomic mass is 10.2. The SMILES string of the molecule is COC(=O)/C=C/CCC/C=C/C(=O)O. The van der Waals surface area contributed by atoms with E-state index in [0.29, 0.717) is 6.42 Å². The topological polar surface area (TPSA) is 63.6 Å². The van der Waals surface area contributed by atoms with Gasteiger partial charge in [-0.05, 0) is 19.3 Å². The van der Waals surface area contributed by atoms with Crippen LogP contribution in [0.2, 0.25) is 0 Å². The molecule has 0 spiro atoms. The summed E-state index contributed by atoms with van der Waals surface area (Å²) in [6.07, 6.45) is 8.02. The average Bonchev–Trinajstić information content (AvgIpc) is 2.15. The number of methoxy groups -OCH3 is 1. The highest BCUT2D eigenvalue weighted by atomic mass is 16.5. The van der Waals surface area contributed by atoms with Crippen LogP contribution >= 0.6 is 0 Å². The summed E-state index contributed by atoms with van der Waals surface area (Å²) in [5, 5.41) is 8.26. The van der Waals surface area contributed by atoms with Crippen LogP contribution in [-0.2, 0) is 14.3 Å². The number of unbranched alkanes of at least 4 members (excludes halogenated alkanes) is 2. The van der Waals surface area contributed by atoms with Gasteiger partial charge in [0.2, 0.25) is 0 Å². The van der Waals surface area contributed by atoms with Gasteiger partial charge in [0.25, 0.3) is 0 Å². The van der Waals surface area contributed by atoms with Crippen LogP contribution in [0.15, 0.2) is 24.3 Å². The van der Waals surface area contributed by atoms with Crippen molar-refractivity contribution in [1.82, 2.24) is 0 Å². The van der Waals surface area contributed by atoms with Crippen molar-refractivity contribution >= 4 is 11.9 Å². The van der Waals surface area contributed by atoms with Crippen molar-refractivity contribution in [2.45, 2.75) is 19.3 Å². The number of carboxylic acids is 1. The molecule has 0 saturated heterocycles. The lowest BCUT2D eigenvalue weighted by Gasteiger charge is -1.90. The third-order valence-corrected chi connectivity index (χ3v) is 1.46. The summed E-state index contributed by atoms with van der Waals surface area (Å²) >= 11 is 0. The summed E-state index contributed by atoms with van der Waals surface area (Å²) < 4.78 is 4.39. The van der Waals surface area contributed by atoms with Gasteiger partial charge in [0.05, 0.1) is 7.11 Å².